The number of pyridine rings is 1. The molecule has 8 nitrogen and oxygen atoms in total. The molecule has 2 saturated heterocycles. The van der Waals surface area contributed by atoms with Gasteiger partial charge in [0.15, 0.2) is 0 Å². The Morgan fingerprint density at radius 3 is 2.60 bits per heavy atom. The lowest BCUT2D eigenvalue weighted by Gasteiger charge is -2.34. The largest absolute Gasteiger partial charge is 0.381 e. The van der Waals surface area contributed by atoms with Crippen LogP contribution in [0, 0.1) is 5.92 Å². The molecule has 0 bridgehead atoms. The topological polar surface area (TPSA) is 109 Å². The summed E-state index contributed by atoms with van der Waals surface area (Å²) in [5.41, 5.74) is 5.48. The summed E-state index contributed by atoms with van der Waals surface area (Å²) in [5.74, 6) is -1.11. The first-order valence-corrected chi connectivity index (χ1v) is 8.64. The zero-order chi connectivity index (χ0) is 17.8. The SMILES string of the molecule is NC(=O)C1CN(C(=O)c2cccc(=O)[nH]2)CCN(C2CCOCC2)C1. The van der Waals surface area contributed by atoms with E-state index in [-0.39, 0.29) is 23.7 Å². The third-order valence-corrected chi connectivity index (χ3v) is 4.95. The molecular formula is C17H24N4O4. The quantitative estimate of drug-likeness (QED) is 0.759. The van der Waals surface area contributed by atoms with Crippen LogP contribution in [0.1, 0.15) is 23.3 Å². The van der Waals surface area contributed by atoms with Gasteiger partial charge in [-0.05, 0) is 18.9 Å². The number of hydrogen-bond acceptors (Lipinski definition) is 5. The molecule has 2 fully saturated rings. The molecular weight excluding hydrogens is 324 g/mol. The van der Waals surface area contributed by atoms with Gasteiger partial charge < -0.3 is 20.4 Å². The van der Waals surface area contributed by atoms with Crippen LogP contribution in [0.4, 0.5) is 0 Å². The molecule has 3 N–H and O–H groups in total. The van der Waals surface area contributed by atoms with Gasteiger partial charge in [-0.2, -0.15) is 0 Å². The lowest BCUT2D eigenvalue weighted by atomic mass is 10.0. The molecule has 3 rings (SSSR count). The Hall–Kier alpha value is -2.19. The monoisotopic (exact) mass is 348 g/mol. The van der Waals surface area contributed by atoms with E-state index < -0.39 is 11.8 Å². The maximum Gasteiger partial charge on any atom is 0.270 e. The van der Waals surface area contributed by atoms with Gasteiger partial charge >= 0.3 is 0 Å². The molecule has 8 heteroatoms. The molecule has 25 heavy (non-hydrogen) atoms. The molecule has 0 saturated carbocycles. The first kappa shape index (κ1) is 17.6. The highest BCUT2D eigenvalue weighted by Crippen LogP contribution is 2.19. The van der Waals surface area contributed by atoms with Crippen LogP contribution in [0.2, 0.25) is 0 Å². The summed E-state index contributed by atoms with van der Waals surface area (Å²) in [6, 6.07) is 4.83. The van der Waals surface area contributed by atoms with Crippen LogP contribution in [0.15, 0.2) is 23.0 Å². The molecule has 1 unspecified atom stereocenters. The molecule has 0 spiro atoms. The fourth-order valence-corrected chi connectivity index (χ4v) is 3.53. The van der Waals surface area contributed by atoms with E-state index in [1.165, 1.54) is 6.07 Å². The van der Waals surface area contributed by atoms with E-state index >= 15 is 0 Å². The van der Waals surface area contributed by atoms with E-state index in [0.717, 1.165) is 26.1 Å². The van der Waals surface area contributed by atoms with Crippen molar-refractivity contribution in [1.29, 1.82) is 0 Å². The maximum absolute atomic E-state index is 12.7. The molecule has 1 aromatic rings. The zero-order valence-corrected chi connectivity index (χ0v) is 14.1. The third kappa shape index (κ3) is 4.26. The lowest BCUT2D eigenvalue weighted by molar-refractivity contribution is -0.122. The van der Waals surface area contributed by atoms with E-state index in [0.29, 0.717) is 25.7 Å². The van der Waals surface area contributed by atoms with Gasteiger partial charge in [-0.1, -0.05) is 6.07 Å². The van der Waals surface area contributed by atoms with E-state index in [1.807, 2.05) is 0 Å². The average Bonchev–Trinajstić information content (AvgIpc) is 2.85. The maximum atomic E-state index is 12.7. The van der Waals surface area contributed by atoms with Gasteiger partial charge in [0.1, 0.15) is 5.69 Å². The number of nitrogens with one attached hydrogen (secondary N) is 1. The molecule has 2 amide bonds. The number of H-pyrrole nitrogens is 1. The third-order valence-electron chi connectivity index (χ3n) is 4.95. The second-order valence-corrected chi connectivity index (χ2v) is 6.62. The van der Waals surface area contributed by atoms with E-state index in [4.69, 9.17) is 10.5 Å². The Morgan fingerprint density at radius 1 is 1.16 bits per heavy atom. The number of ether oxygens (including phenoxy) is 1. The van der Waals surface area contributed by atoms with E-state index in [2.05, 4.69) is 9.88 Å². The number of aromatic amines is 1. The number of carbonyl (C=O) groups is 2. The molecule has 0 aromatic carbocycles. The summed E-state index contributed by atoms with van der Waals surface area (Å²) in [6.45, 7) is 3.43. The van der Waals surface area contributed by atoms with Crippen molar-refractivity contribution in [2.75, 3.05) is 39.4 Å². The van der Waals surface area contributed by atoms with Crippen LogP contribution >= 0.6 is 0 Å². The minimum atomic E-state index is -0.426. The van der Waals surface area contributed by atoms with Crippen molar-refractivity contribution in [2.24, 2.45) is 11.7 Å². The Balaban J connectivity index is 1.76. The number of carbonyl (C=O) groups excluding carboxylic acids is 2. The molecule has 136 valence electrons. The van der Waals surface area contributed by atoms with Crippen LogP contribution in [-0.2, 0) is 9.53 Å². The summed E-state index contributed by atoms with van der Waals surface area (Å²) in [6.07, 6.45) is 1.84. The molecule has 0 radical (unpaired) electrons. The normalized spacial score (nSPS) is 23.2. The number of rotatable bonds is 3. The van der Waals surface area contributed by atoms with Gasteiger partial charge in [-0.25, -0.2) is 0 Å². The van der Waals surface area contributed by atoms with Gasteiger partial charge in [0, 0.05) is 51.5 Å². The fourth-order valence-electron chi connectivity index (χ4n) is 3.53. The van der Waals surface area contributed by atoms with Crippen molar-refractivity contribution in [3.05, 3.63) is 34.2 Å². The van der Waals surface area contributed by atoms with Crippen LogP contribution < -0.4 is 11.3 Å². The number of nitrogens with zero attached hydrogens (tertiary/aromatic N) is 2. The lowest BCUT2D eigenvalue weighted by Crippen LogP contribution is -2.44. The fraction of sp³-hybridized carbons (Fsp3) is 0.588. The Labute approximate surface area is 145 Å². The van der Waals surface area contributed by atoms with E-state index in [9.17, 15) is 14.4 Å². The van der Waals surface area contributed by atoms with Crippen molar-refractivity contribution >= 4 is 11.8 Å². The highest BCUT2D eigenvalue weighted by molar-refractivity contribution is 5.92. The highest BCUT2D eigenvalue weighted by atomic mass is 16.5. The molecule has 2 aliphatic rings. The molecule has 1 atom stereocenters. The number of primary amides is 1. The van der Waals surface area contributed by atoms with Gasteiger partial charge in [0.2, 0.25) is 11.5 Å². The first-order valence-electron chi connectivity index (χ1n) is 8.64. The van der Waals surface area contributed by atoms with Crippen molar-refractivity contribution in [1.82, 2.24) is 14.8 Å². The van der Waals surface area contributed by atoms with Gasteiger partial charge in [-0.15, -0.1) is 0 Å². The number of aromatic nitrogens is 1. The Kier molecular flexibility index (Phi) is 5.50. The summed E-state index contributed by atoms with van der Waals surface area (Å²) >= 11 is 0. The van der Waals surface area contributed by atoms with Gasteiger partial charge in [-0.3, -0.25) is 19.3 Å². The van der Waals surface area contributed by atoms with Crippen molar-refractivity contribution < 1.29 is 14.3 Å². The van der Waals surface area contributed by atoms with Crippen LogP contribution in [0.25, 0.3) is 0 Å². The van der Waals surface area contributed by atoms with Gasteiger partial charge in [0.25, 0.3) is 5.91 Å². The van der Waals surface area contributed by atoms with Crippen molar-refractivity contribution in [2.45, 2.75) is 18.9 Å². The highest BCUT2D eigenvalue weighted by Gasteiger charge is 2.32. The second-order valence-electron chi connectivity index (χ2n) is 6.62. The van der Waals surface area contributed by atoms with Gasteiger partial charge in [0.05, 0.1) is 5.92 Å². The molecule has 1 aromatic heterocycles. The van der Waals surface area contributed by atoms with Crippen LogP contribution in [-0.4, -0.2) is 72.0 Å². The second kappa shape index (κ2) is 7.79. The summed E-state index contributed by atoms with van der Waals surface area (Å²) in [7, 11) is 0. The smallest absolute Gasteiger partial charge is 0.270 e. The molecule has 2 aliphatic heterocycles. The van der Waals surface area contributed by atoms with Crippen molar-refractivity contribution in [3.63, 3.8) is 0 Å². The molecule has 0 aliphatic carbocycles. The number of amides is 2. The summed E-state index contributed by atoms with van der Waals surface area (Å²) < 4.78 is 5.41. The number of nitrogens with two attached hydrogens (primary N) is 1. The summed E-state index contributed by atoms with van der Waals surface area (Å²) in [4.78, 5) is 42.5. The summed E-state index contributed by atoms with van der Waals surface area (Å²) in [5, 5.41) is 0. The van der Waals surface area contributed by atoms with Crippen LogP contribution in [0.5, 0.6) is 0 Å². The minimum absolute atomic E-state index is 0.232. The Bertz CT molecular complexity index is 683. The standard InChI is InChI=1S/C17H24N4O4/c18-16(23)12-10-20(13-4-8-25-9-5-13)6-7-21(11-12)17(24)14-2-1-3-15(22)19-14/h1-3,12-13H,4-11H2,(H2,18,23)(H,19,22). The number of hydrogen-bond donors (Lipinski definition) is 2. The van der Waals surface area contributed by atoms with E-state index in [1.54, 1.807) is 17.0 Å². The van der Waals surface area contributed by atoms with Crippen molar-refractivity contribution in [3.8, 4) is 0 Å². The zero-order valence-electron chi connectivity index (χ0n) is 14.1. The predicted molar refractivity (Wildman–Crippen MR) is 91.1 cm³/mol. The predicted octanol–water partition coefficient (Wildman–Crippen LogP) is -0.587. The van der Waals surface area contributed by atoms with Crippen LogP contribution in [0.3, 0.4) is 0 Å². The average molecular weight is 348 g/mol. The Morgan fingerprint density at radius 2 is 1.92 bits per heavy atom. The minimum Gasteiger partial charge on any atom is -0.381 e. The molecule has 3 heterocycles. The first-order chi connectivity index (χ1) is 12.0.